The number of primary amides is 1. The molecule has 1 aliphatic heterocycles. The van der Waals surface area contributed by atoms with Crippen molar-refractivity contribution < 1.29 is 14.3 Å². The van der Waals surface area contributed by atoms with Crippen molar-refractivity contribution in [2.45, 2.75) is 51.4 Å². The van der Waals surface area contributed by atoms with E-state index in [1.54, 1.807) is 7.11 Å². The van der Waals surface area contributed by atoms with Crippen LogP contribution in [0.1, 0.15) is 50.5 Å². The van der Waals surface area contributed by atoms with Gasteiger partial charge >= 0.3 is 0 Å². The fraction of sp³-hybridized carbons (Fsp3) is 0.481. The minimum atomic E-state index is -0.686. The van der Waals surface area contributed by atoms with Crippen LogP contribution in [-0.4, -0.2) is 36.9 Å². The standard InChI is InChI=1S/C27H34N2O3/c1-32-24-9-5-4-8-23(24)22-13-10-21(11-14-22)18-27(26(28)31)16-17-29(19-27)25(30)15-12-20-6-2-3-7-20/h4-5,8-11,13-14,20H,2-3,6-7,12,15-19H2,1H3,(H2,28,31). The number of hydrogen-bond acceptors (Lipinski definition) is 3. The van der Waals surface area contributed by atoms with E-state index < -0.39 is 5.41 Å². The van der Waals surface area contributed by atoms with Gasteiger partial charge in [-0.1, -0.05) is 68.1 Å². The summed E-state index contributed by atoms with van der Waals surface area (Å²) in [6, 6.07) is 16.1. The molecule has 0 bridgehead atoms. The van der Waals surface area contributed by atoms with E-state index in [9.17, 15) is 9.59 Å². The molecule has 1 heterocycles. The number of methoxy groups -OCH3 is 1. The smallest absolute Gasteiger partial charge is 0.225 e. The van der Waals surface area contributed by atoms with E-state index in [0.717, 1.165) is 28.9 Å². The molecule has 1 unspecified atom stereocenters. The topological polar surface area (TPSA) is 72.6 Å². The van der Waals surface area contributed by atoms with E-state index in [1.807, 2.05) is 29.2 Å². The number of para-hydroxylation sites is 1. The molecule has 2 aromatic carbocycles. The zero-order valence-electron chi connectivity index (χ0n) is 19.0. The fourth-order valence-electron chi connectivity index (χ4n) is 5.38. The number of carbonyl (C=O) groups excluding carboxylic acids is 2. The molecule has 1 saturated carbocycles. The van der Waals surface area contributed by atoms with Crippen LogP contribution in [0.25, 0.3) is 11.1 Å². The van der Waals surface area contributed by atoms with Crippen LogP contribution in [0.2, 0.25) is 0 Å². The van der Waals surface area contributed by atoms with Crippen molar-refractivity contribution in [2.24, 2.45) is 17.1 Å². The molecule has 2 aromatic rings. The van der Waals surface area contributed by atoms with Crippen molar-refractivity contribution in [3.63, 3.8) is 0 Å². The van der Waals surface area contributed by atoms with Crippen molar-refractivity contribution in [3.05, 3.63) is 54.1 Å². The Kier molecular flexibility index (Phi) is 6.83. The minimum Gasteiger partial charge on any atom is -0.496 e. The van der Waals surface area contributed by atoms with Crippen LogP contribution in [0, 0.1) is 11.3 Å². The molecule has 2 amide bonds. The molecule has 1 saturated heterocycles. The lowest BCUT2D eigenvalue weighted by atomic mass is 9.80. The zero-order chi connectivity index (χ0) is 22.6. The summed E-state index contributed by atoms with van der Waals surface area (Å²) < 4.78 is 5.47. The normalized spacial score (nSPS) is 21.1. The van der Waals surface area contributed by atoms with Crippen LogP contribution in [0.4, 0.5) is 0 Å². The van der Waals surface area contributed by atoms with Gasteiger partial charge in [-0.15, -0.1) is 0 Å². The van der Waals surface area contributed by atoms with Crippen LogP contribution in [0.3, 0.4) is 0 Å². The summed E-state index contributed by atoms with van der Waals surface area (Å²) in [5, 5.41) is 0. The van der Waals surface area contributed by atoms with Gasteiger partial charge in [0.1, 0.15) is 5.75 Å². The Balaban J connectivity index is 1.42. The summed E-state index contributed by atoms with van der Waals surface area (Å²) in [6.07, 6.45) is 7.85. The molecular formula is C27H34N2O3. The highest BCUT2D eigenvalue weighted by Gasteiger charge is 2.44. The first-order chi connectivity index (χ1) is 15.5. The average molecular weight is 435 g/mol. The summed E-state index contributed by atoms with van der Waals surface area (Å²) in [4.78, 5) is 27.2. The van der Waals surface area contributed by atoms with Crippen LogP contribution in [0.5, 0.6) is 5.75 Å². The van der Waals surface area contributed by atoms with Crippen molar-refractivity contribution in [1.29, 1.82) is 0 Å². The van der Waals surface area contributed by atoms with Gasteiger partial charge < -0.3 is 15.4 Å². The van der Waals surface area contributed by atoms with E-state index >= 15 is 0 Å². The third-order valence-corrected chi connectivity index (χ3v) is 7.38. The number of carbonyl (C=O) groups is 2. The second-order valence-corrected chi connectivity index (χ2v) is 9.47. The molecule has 4 rings (SSSR count). The van der Waals surface area contributed by atoms with Crippen LogP contribution >= 0.6 is 0 Å². The molecule has 1 atom stereocenters. The van der Waals surface area contributed by atoms with Crippen LogP contribution < -0.4 is 10.5 Å². The lowest BCUT2D eigenvalue weighted by Gasteiger charge is -2.26. The van der Waals surface area contributed by atoms with E-state index in [1.165, 1.54) is 25.7 Å². The van der Waals surface area contributed by atoms with Gasteiger partial charge in [-0.25, -0.2) is 0 Å². The predicted octanol–water partition coefficient (Wildman–Crippen LogP) is 4.58. The number of nitrogens with zero attached hydrogens (tertiary/aromatic N) is 1. The molecule has 170 valence electrons. The first-order valence-electron chi connectivity index (χ1n) is 11.8. The summed E-state index contributed by atoms with van der Waals surface area (Å²) in [6.45, 7) is 1.05. The Hall–Kier alpha value is -2.82. The van der Waals surface area contributed by atoms with Gasteiger partial charge in [0, 0.05) is 25.1 Å². The van der Waals surface area contributed by atoms with Crippen molar-refractivity contribution in [3.8, 4) is 16.9 Å². The maximum atomic E-state index is 12.8. The zero-order valence-corrected chi connectivity index (χ0v) is 19.0. The van der Waals surface area contributed by atoms with Gasteiger partial charge in [0.15, 0.2) is 0 Å². The Bertz CT molecular complexity index is 950. The predicted molar refractivity (Wildman–Crippen MR) is 126 cm³/mol. The van der Waals surface area contributed by atoms with E-state index in [-0.39, 0.29) is 11.8 Å². The van der Waals surface area contributed by atoms with Gasteiger partial charge in [0.05, 0.1) is 12.5 Å². The van der Waals surface area contributed by atoms with Gasteiger partial charge in [-0.05, 0) is 42.4 Å². The Labute approximate surface area is 190 Å². The highest BCUT2D eigenvalue weighted by molar-refractivity contribution is 5.84. The fourth-order valence-corrected chi connectivity index (χ4v) is 5.38. The Morgan fingerprint density at radius 3 is 2.50 bits per heavy atom. The number of ether oxygens (including phenoxy) is 1. The van der Waals surface area contributed by atoms with Crippen molar-refractivity contribution >= 4 is 11.8 Å². The quantitative estimate of drug-likeness (QED) is 0.661. The van der Waals surface area contributed by atoms with Gasteiger partial charge in [-0.3, -0.25) is 9.59 Å². The molecule has 0 aromatic heterocycles. The molecule has 2 N–H and O–H groups in total. The van der Waals surface area contributed by atoms with Gasteiger partial charge in [0.25, 0.3) is 0 Å². The summed E-state index contributed by atoms with van der Waals surface area (Å²) in [7, 11) is 1.67. The maximum Gasteiger partial charge on any atom is 0.225 e. The number of amides is 2. The van der Waals surface area contributed by atoms with Gasteiger partial charge in [-0.2, -0.15) is 0 Å². The van der Waals surface area contributed by atoms with E-state index in [2.05, 4.69) is 24.3 Å². The van der Waals surface area contributed by atoms with E-state index in [4.69, 9.17) is 10.5 Å². The summed E-state index contributed by atoms with van der Waals surface area (Å²) in [5.41, 5.74) is 8.35. The first kappa shape index (κ1) is 22.4. The number of rotatable bonds is 8. The monoisotopic (exact) mass is 434 g/mol. The van der Waals surface area contributed by atoms with Crippen LogP contribution in [-0.2, 0) is 16.0 Å². The van der Waals surface area contributed by atoms with Gasteiger partial charge in [0.2, 0.25) is 11.8 Å². The molecule has 0 spiro atoms. The Morgan fingerprint density at radius 2 is 1.81 bits per heavy atom. The highest BCUT2D eigenvalue weighted by Crippen LogP contribution is 2.36. The van der Waals surface area contributed by atoms with Crippen LogP contribution in [0.15, 0.2) is 48.5 Å². The SMILES string of the molecule is COc1ccccc1-c1ccc(CC2(C(N)=O)CCN(C(=O)CCC3CCCC3)C2)cc1. The molecular weight excluding hydrogens is 400 g/mol. The molecule has 2 fully saturated rings. The number of nitrogens with two attached hydrogens (primary N) is 1. The molecule has 0 radical (unpaired) electrons. The number of benzene rings is 2. The maximum absolute atomic E-state index is 12.8. The third-order valence-electron chi connectivity index (χ3n) is 7.38. The molecule has 1 aliphatic carbocycles. The number of likely N-dealkylation sites (tertiary alicyclic amines) is 1. The second-order valence-electron chi connectivity index (χ2n) is 9.47. The van der Waals surface area contributed by atoms with Crippen molar-refractivity contribution in [2.75, 3.05) is 20.2 Å². The summed E-state index contributed by atoms with van der Waals surface area (Å²) in [5.74, 6) is 1.39. The van der Waals surface area contributed by atoms with E-state index in [0.29, 0.717) is 38.3 Å². The third kappa shape index (κ3) is 4.82. The molecule has 2 aliphatic rings. The summed E-state index contributed by atoms with van der Waals surface area (Å²) >= 11 is 0. The number of hydrogen-bond donors (Lipinski definition) is 1. The molecule has 5 heteroatoms. The largest absolute Gasteiger partial charge is 0.496 e. The second kappa shape index (κ2) is 9.76. The minimum absolute atomic E-state index is 0.173. The molecule has 32 heavy (non-hydrogen) atoms. The lowest BCUT2D eigenvalue weighted by Crippen LogP contribution is -2.42. The first-order valence-corrected chi connectivity index (χ1v) is 11.8. The highest BCUT2D eigenvalue weighted by atomic mass is 16.5. The average Bonchev–Trinajstić information content (AvgIpc) is 3.49. The Morgan fingerprint density at radius 1 is 1.09 bits per heavy atom. The van der Waals surface area contributed by atoms with Crippen molar-refractivity contribution in [1.82, 2.24) is 4.90 Å². The lowest BCUT2D eigenvalue weighted by molar-refractivity contribution is -0.132. The molecule has 5 nitrogen and oxygen atoms in total.